The first-order valence-electron chi connectivity index (χ1n) is 9.79. The molecule has 1 aromatic heterocycles. The number of ketones is 1. The summed E-state index contributed by atoms with van der Waals surface area (Å²) >= 11 is 0. The fourth-order valence-electron chi connectivity index (χ4n) is 3.01. The van der Waals surface area contributed by atoms with Gasteiger partial charge >= 0.3 is 0 Å². The molecule has 2 aromatic rings. The summed E-state index contributed by atoms with van der Waals surface area (Å²) in [7, 11) is 1.47. The van der Waals surface area contributed by atoms with E-state index in [1.807, 2.05) is 6.92 Å². The summed E-state index contributed by atoms with van der Waals surface area (Å²) in [5.41, 5.74) is 0.881. The van der Waals surface area contributed by atoms with Crippen molar-refractivity contribution in [3.8, 4) is 11.5 Å². The minimum Gasteiger partial charge on any atom is -0.486 e. The Morgan fingerprint density at radius 2 is 2.12 bits per heavy atom. The van der Waals surface area contributed by atoms with Crippen LogP contribution in [0.15, 0.2) is 60.0 Å². The average molecular weight is 437 g/mol. The van der Waals surface area contributed by atoms with Crippen molar-refractivity contribution in [1.82, 2.24) is 15.3 Å². The maximum atomic E-state index is 14.3. The van der Waals surface area contributed by atoms with Crippen LogP contribution in [0.5, 0.6) is 11.5 Å². The number of allylic oxidation sites excluding steroid dienone is 4. The second-order valence-corrected chi connectivity index (χ2v) is 7.02. The Morgan fingerprint density at radius 1 is 1.28 bits per heavy atom. The standard InChI is InChI=1S/C22H20FN5O4/c1-12-11-31-18-9-14(6-7-17(18)32-12)26-21-15(23)10-25-22(28-21)27-16-5-3-4-13(20(16)30)8-19(29)24-2/h3-10,12H,11H2,1-2H3,(H,24,29)(H2,25,26,27,28). The van der Waals surface area contributed by atoms with Gasteiger partial charge in [0, 0.05) is 30.5 Å². The predicted octanol–water partition coefficient (Wildman–Crippen LogP) is 2.63. The number of aromatic nitrogens is 2. The number of likely N-dealkylation sites (N-methyl/N-ethyl adjacent to an activating group) is 1. The third-order valence-corrected chi connectivity index (χ3v) is 4.58. The third kappa shape index (κ3) is 4.59. The summed E-state index contributed by atoms with van der Waals surface area (Å²) < 4.78 is 25.6. The summed E-state index contributed by atoms with van der Waals surface area (Å²) in [6.07, 6.45) is 6.77. The number of fused-ring (bicyclic) bond motifs is 1. The molecule has 1 amide bonds. The Hall–Kier alpha value is -4.21. The normalized spacial score (nSPS) is 18.2. The number of ether oxygens (including phenoxy) is 2. The predicted molar refractivity (Wildman–Crippen MR) is 115 cm³/mol. The van der Waals surface area contributed by atoms with E-state index in [2.05, 4.69) is 25.9 Å². The Bertz CT molecular complexity index is 1170. The maximum absolute atomic E-state index is 14.3. The molecule has 3 N–H and O–H groups in total. The van der Waals surface area contributed by atoms with Gasteiger partial charge in [-0.1, -0.05) is 12.2 Å². The van der Waals surface area contributed by atoms with Gasteiger partial charge in [-0.2, -0.15) is 4.98 Å². The van der Waals surface area contributed by atoms with Crippen molar-refractivity contribution in [2.45, 2.75) is 13.0 Å². The lowest BCUT2D eigenvalue weighted by Crippen LogP contribution is -2.25. The molecule has 0 spiro atoms. The molecule has 1 atom stereocenters. The number of hydrogen-bond acceptors (Lipinski definition) is 8. The number of carbonyl (C=O) groups is 2. The molecule has 164 valence electrons. The Labute approximate surface area is 183 Å². The second kappa shape index (κ2) is 8.88. The molecule has 2 aliphatic rings. The highest BCUT2D eigenvalue weighted by Crippen LogP contribution is 2.35. The van der Waals surface area contributed by atoms with Gasteiger partial charge in [0.25, 0.3) is 0 Å². The Balaban J connectivity index is 1.52. The van der Waals surface area contributed by atoms with Gasteiger partial charge in [0.2, 0.25) is 17.6 Å². The van der Waals surface area contributed by atoms with Crippen LogP contribution in [0.25, 0.3) is 0 Å². The van der Waals surface area contributed by atoms with Crippen molar-refractivity contribution < 1.29 is 23.5 Å². The molecule has 32 heavy (non-hydrogen) atoms. The number of nitrogens with zero attached hydrogens (tertiary/aromatic N) is 2. The number of amides is 1. The van der Waals surface area contributed by atoms with Crippen molar-refractivity contribution in [2.24, 2.45) is 0 Å². The number of anilines is 3. The number of benzene rings is 1. The molecule has 1 aromatic carbocycles. The smallest absolute Gasteiger partial charge is 0.244 e. The molecule has 0 fully saturated rings. The van der Waals surface area contributed by atoms with Crippen molar-refractivity contribution in [3.05, 3.63) is 65.8 Å². The summed E-state index contributed by atoms with van der Waals surface area (Å²) in [5, 5.41) is 8.08. The molecule has 4 rings (SSSR count). The molecule has 1 unspecified atom stereocenters. The molecule has 2 heterocycles. The summed E-state index contributed by atoms with van der Waals surface area (Å²) in [6, 6.07) is 5.12. The highest BCUT2D eigenvalue weighted by atomic mass is 19.1. The first-order chi connectivity index (χ1) is 15.4. The van der Waals surface area contributed by atoms with Crippen LogP contribution < -0.4 is 25.4 Å². The average Bonchev–Trinajstić information content (AvgIpc) is 2.78. The van der Waals surface area contributed by atoms with E-state index in [-0.39, 0.29) is 29.1 Å². The Morgan fingerprint density at radius 3 is 2.94 bits per heavy atom. The Kier molecular flexibility index (Phi) is 5.84. The van der Waals surface area contributed by atoms with Crippen LogP contribution in [0.3, 0.4) is 0 Å². The van der Waals surface area contributed by atoms with Gasteiger partial charge in [0.15, 0.2) is 23.1 Å². The molecular formula is C22H20FN5O4. The van der Waals surface area contributed by atoms with E-state index in [1.54, 1.807) is 24.3 Å². The van der Waals surface area contributed by atoms with Crippen LogP contribution in [0, 0.1) is 5.82 Å². The van der Waals surface area contributed by atoms with Crippen LogP contribution >= 0.6 is 0 Å². The minimum atomic E-state index is -0.678. The van der Waals surface area contributed by atoms with Gasteiger partial charge in [-0.15, -0.1) is 0 Å². The minimum absolute atomic E-state index is 0.00876. The highest BCUT2D eigenvalue weighted by Gasteiger charge is 2.20. The zero-order valence-electron chi connectivity index (χ0n) is 17.3. The molecular weight excluding hydrogens is 417 g/mol. The SMILES string of the molecule is CNC(=O)C=C1C=CC=C(Nc2ncc(F)c(Nc3ccc4c(c3)OCC(C)O4)n2)C1=O. The second-order valence-electron chi connectivity index (χ2n) is 7.02. The number of Topliss-reactive ketones (excluding diaryl/α,β-unsaturated/α-hetero) is 1. The number of rotatable bonds is 5. The summed E-state index contributed by atoms with van der Waals surface area (Å²) in [5.74, 6) is -0.430. The lowest BCUT2D eigenvalue weighted by Gasteiger charge is -2.24. The van der Waals surface area contributed by atoms with E-state index < -0.39 is 17.5 Å². The maximum Gasteiger partial charge on any atom is 0.244 e. The van der Waals surface area contributed by atoms with Gasteiger partial charge in [0.05, 0.1) is 11.9 Å². The van der Waals surface area contributed by atoms with Crippen molar-refractivity contribution >= 4 is 29.1 Å². The molecule has 1 aliphatic carbocycles. The highest BCUT2D eigenvalue weighted by molar-refractivity contribution is 6.15. The third-order valence-electron chi connectivity index (χ3n) is 4.58. The van der Waals surface area contributed by atoms with Crippen molar-refractivity contribution in [3.63, 3.8) is 0 Å². The number of carbonyl (C=O) groups excluding carboxylic acids is 2. The molecule has 1 aliphatic heterocycles. The lowest BCUT2D eigenvalue weighted by molar-refractivity contribution is -0.117. The molecule has 10 heteroatoms. The van der Waals surface area contributed by atoms with Crippen LogP contribution in [-0.4, -0.2) is 41.4 Å². The first-order valence-corrected chi connectivity index (χ1v) is 9.79. The van der Waals surface area contributed by atoms with E-state index in [9.17, 15) is 14.0 Å². The first kappa shape index (κ1) is 21.0. The van der Waals surface area contributed by atoms with E-state index in [0.29, 0.717) is 23.8 Å². The van der Waals surface area contributed by atoms with Gasteiger partial charge in [-0.25, -0.2) is 9.37 Å². The van der Waals surface area contributed by atoms with Crippen LogP contribution in [0.2, 0.25) is 0 Å². The summed E-state index contributed by atoms with van der Waals surface area (Å²) in [6.45, 7) is 2.32. The quantitative estimate of drug-likeness (QED) is 0.612. The van der Waals surface area contributed by atoms with Crippen molar-refractivity contribution in [1.29, 1.82) is 0 Å². The van der Waals surface area contributed by atoms with Gasteiger partial charge < -0.3 is 25.4 Å². The van der Waals surface area contributed by atoms with E-state index in [4.69, 9.17) is 9.47 Å². The van der Waals surface area contributed by atoms with Crippen LogP contribution in [0.4, 0.5) is 21.8 Å². The van der Waals surface area contributed by atoms with Crippen LogP contribution in [0.1, 0.15) is 6.92 Å². The largest absolute Gasteiger partial charge is 0.486 e. The monoisotopic (exact) mass is 437 g/mol. The zero-order chi connectivity index (χ0) is 22.7. The van der Waals surface area contributed by atoms with E-state index >= 15 is 0 Å². The molecule has 0 saturated carbocycles. The van der Waals surface area contributed by atoms with E-state index in [1.165, 1.54) is 25.3 Å². The van der Waals surface area contributed by atoms with Gasteiger partial charge in [-0.3, -0.25) is 9.59 Å². The summed E-state index contributed by atoms with van der Waals surface area (Å²) in [4.78, 5) is 32.1. The van der Waals surface area contributed by atoms with Crippen LogP contribution in [-0.2, 0) is 9.59 Å². The number of halogens is 1. The number of nitrogens with one attached hydrogen (secondary N) is 3. The molecule has 0 saturated heterocycles. The zero-order valence-corrected chi connectivity index (χ0v) is 17.3. The van der Waals surface area contributed by atoms with Crippen molar-refractivity contribution in [2.75, 3.05) is 24.3 Å². The lowest BCUT2D eigenvalue weighted by atomic mass is 10.0. The molecule has 0 radical (unpaired) electrons. The topological polar surface area (TPSA) is 114 Å². The number of hydrogen-bond donors (Lipinski definition) is 3. The molecule has 0 bridgehead atoms. The van der Waals surface area contributed by atoms with E-state index in [0.717, 1.165) is 6.20 Å². The fraction of sp³-hybridized carbons (Fsp3) is 0.182. The molecule has 9 nitrogen and oxygen atoms in total. The van der Waals surface area contributed by atoms with Gasteiger partial charge in [0.1, 0.15) is 12.7 Å². The van der Waals surface area contributed by atoms with Gasteiger partial charge in [-0.05, 0) is 25.1 Å². The fourth-order valence-corrected chi connectivity index (χ4v) is 3.01.